The molecular weight excluding hydrogens is 170 g/mol. The molecule has 0 amide bonds. The van der Waals surface area contributed by atoms with Gasteiger partial charge < -0.3 is 4.99 Å². The van der Waals surface area contributed by atoms with E-state index in [0.29, 0.717) is 5.41 Å². The molecule has 14 heavy (non-hydrogen) atoms. The Bertz CT molecular complexity index is 200. The lowest BCUT2D eigenvalue weighted by Crippen LogP contribution is -2.30. The summed E-state index contributed by atoms with van der Waals surface area (Å²) in [4.78, 5) is 4.19. The highest BCUT2D eigenvalue weighted by Gasteiger charge is 2.32. The van der Waals surface area contributed by atoms with Gasteiger partial charge in [0.2, 0.25) is 0 Å². The van der Waals surface area contributed by atoms with Crippen molar-refractivity contribution < 1.29 is 0 Å². The minimum Gasteiger partial charge on any atom is -0.301 e. The van der Waals surface area contributed by atoms with Crippen LogP contribution in [0.5, 0.6) is 0 Å². The Labute approximate surface area is 89.0 Å². The first-order chi connectivity index (χ1) is 6.43. The molecule has 0 bridgehead atoms. The van der Waals surface area contributed by atoms with E-state index in [1.54, 1.807) is 0 Å². The first-order valence-electron chi connectivity index (χ1n) is 5.85. The molecule has 1 fully saturated rings. The van der Waals surface area contributed by atoms with E-state index < -0.39 is 0 Å². The maximum Gasteiger partial charge on any atom is 0.0273 e. The Morgan fingerprint density at radius 3 is 2.29 bits per heavy atom. The predicted molar refractivity (Wildman–Crippen MR) is 63.9 cm³/mol. The van der Waals surface area contributed by atoms with Crippen molar-refractivity contribution in [3.8, 4) is 0 Å². The number of hydrogen-bond acceptors (Lipinski definition) is 1. The maximum atomic E-state index is 4.19. The van der Waals surface area contributed by atoms with Gasteiger partial charge in [-0.2, -0.15) is 0 Å². The fourth-order valence-electron chi connectivity index (χ4n) is 2.70. The second kappa shape index (κ2) is 4.46. The van der Waals surface area contributed by atoms with Crippen LogP contribution < -0.4 is 0 Å². The summed E-state index contributed by atoms with van der Waals surface area (Å²) in [5, 5.41) is 0. The third-order valence-electron chi connectivity index (χ3n) is 3.56. The Morgan fingerprint density at radius 1 is 1.14 bits per heavy atom. The Kier molecular flexibility index (Phi) is 3.74. The fraction of sp³-hybridized carbons (Fsp3) is 0.923. The molecule has 0 saturated heterocycles. The van der Waals surface area contributed by atoms with E-state index in [2.05, 4.69) is 38.9 Å². The van der Waals surface area contributed by atoms with E-state index in [9.17, 15) is 0 Å². The van der Waals surface area contributed by atoms with Gasteiger partial charge in [0.05, 0.1) is 0 Å². The van der Waals surface area contributed by atoms with Crippen molar-refractivity contribution in [3.63, 3.8) is 0 Å². The van der Waals surface area contributed by atoms with Gasteiger partial charge in [-0.05, 0) is 42.4 Å². The molecule has 3 unspecified atom stereocenters. The molecule has 0 radical (unpaired) electrons. The topological polar surface area (TPSA) is 12.4 Å². The zero-order valence-electron chi connectivity index (χ0n) is 10.4. The van der Waals surface area contributed by atoms with Crippen LogP contribution in [-0.2, 0) is 0 Å². The van der Waals surface area contributed by atoms with Crippen LogP contribution in [0.3, 0.4) is 0 Å². The van der Waals surface area contributed by atoms with Crippen LogP contribution in [0.1, 0.15) is 47.0 Å². The zero-order valence-corrected chi connectivity index (χ0v) is 10.4. The van der Waals surface area contributed by atoms with Gasteiger partial charge in [0, 0.05) is 13.3 Å². The van der Waals surface area contributed by atoms with Crippen LogP contribution >= 0.6 is 0 Å². The Hall–Kier alpha value is -0.330. The summed E-state index contributed by atoms with van der Waals surface area (Å²) in [6.45, 7) is 9.50. The van der Waals surface area contributed by atoms with Crippen molar-refractivity contribution in [1.29, 1.82) is 0 Å². The van der Waals surface area contributed by atoms with Crippen LogP contribution in [0.25, 0.3) is 0 Å². The standard InChI is InChI=1S/C13H25N/c1-10-6-11(9-14-5)8-12(7-10)13(2,3)4/h9-12H,6-8H2,1-5H3. The minimum absolute atomic E-state index is 0.467. The highest BCUT2D eigenvalue weighted by molar-refractivity contribution is 5.60. The lowest BCUT2D eigenvalue weighted by atomic mass is 9.66. The second-order valence-corrected chi connectivity index (χ2v) is 6.04. The summed E-state index contributed by atoms with van der Waals surface area (Å²) in [6, 6.07) is 0. The third kappa shape index (κ3) is 3.11. The Morgan fingerprint density at radius 2 is 1.79 bits per heavy atom. The normalized spacial score (nSPS) is 35.1. The molecule has 0 N–H and O–H groups in total. The van der Waals surface area contributed by atoms with E-state index >= 15 is 0 Å². The van der Waals surface area contributed by atoms with Crippen LogP contribution in [-0.4, -0.2) is 13.3 Å². The molecule has 0 aromatic rings. The number of rotatable bonds is 1. The third-order valence-corrected chi connectivity index (χ3v) is 3.56. The van der Waals surface area contributed by atoms with Crippen LogP contribution in [0, 0.1) is 23.2 Å². The summed E-state index contributed by atoms with van der Waals surface area (Å²) in [7, 11) is 1.89. The average molecular weight is 195 g/mol. The first kappa shape index (κ1) is 11.7. The van der Waals surface area contributed by atoms with Crippen molar-refractivity contribution >= 4 is 6.21 Å². The Balaban J connectivity index is 2.63. The predicted octanol–water partition coefficient (Wildman–Crippen LogP) is 3.79. The molecule has 0 aromatic heterocycles. The van der Waals surface area contributed by atoms with E-state index in [1.807, 2.05) is 7.05 Å². The summed E-state index contributed by atoms with van der Waals surface area (Å²) in [5.41, 5.74) is 0.467. The number of nitrogens with zero attached hydrogens (tertiary/aromatic N) is 1. The van der Waals surface area contributed by atoms with Crippen LogP contribution in [0.4, 0.5) is 0 Å². The SMILES string of the molecule is CN=CC1CC(C)CC(C(C)(C)C)C1. The maximum absolute atomic E-state index is 4.19. The van der Waals surface area contributed by atoms with Gasteiger partial charge in [0.15, 0.2) is 0 Å². The van der Waals surface area contributed by atoms with E-state index in [4.69, 9.17) is 0 Å². The molecule has 0 spiro atoms. The van der Waals surface area contributed by atoms with Gasteiger partial charge in [0.25, 0.3) is 0 Å². The van der Waals surface area contributed by atoms with Gasteiger partial charge in [0.1, 0.15) is 0 Å². The molecule has 3 atom stereocenters. The molecule has 1 nitrogen and oxygen atoms in total. The first-order valence-corrected chi connectivity index (χ1v) is 5.85. The quantitative estimate of drug-likeness (QED) is 0.565. The van der Waals surface area contributed by atoms with E-state index in [0.717, 1.165) is 17.8 Å². The van der Waals surface area contributed by atoms with Gasteiger partial charge in [-0.25, -0.2) is 0 Å². The number of hydrogen-bond donors (Lipinski definition) is 0. The molecule has 82 valence electrons. The molecule has 1 heteroatoms. The van der Waals surface area contributed by atoms with Crippen molar-refractivity contribution in [2.75, 3.05) is 7.05 Å². The molecule has 0 aliphatic heterocycles. The largest absolute Gasteiger partial charge is 0.301 e. The van der Waals surface area contributed by atoms with Crippen LogP contribution in [0.15, 0.2) is 4.99 Å². The molecule has 1 aliphatic rings. The lowest BCUT2D eigenvalue weighted by Gasteiger charge is -2.39. The average Bonchev–Trinajstić information content (AvgIpc) is 2.02. The molecule has 1 saturated carbocycles. The molecular formula is C13H25N. The molecule has 0 aromatic carbocycles. The summed E-state index contributed by atoms with van der Waals surface area (Å²) in [5.74, 6) is 2.47. The smallest absolute Gasteiger partial charge is 0.0273 e. The van der Waals surface area contributed by atoms with E-state index in [1.165, 1.54) is 19.3 Å². The summed E-state index contributed by atoms with van der Waals surface area (Å²) >= 11 is 0. The molecule has 1 rings (SSSR count). The van der Waals surface area contributed by atoms with Crippen LogP contribution in [0.2, 0.25) is 0 Å². The zero-order chi connectivity index (χ0) is 10.8. The molecule has 1 aliphatic carbocycles. The highest BCUT2D eigenvalue weighted by Crippen LogP contribution is 2.41. The summed E-state index contributed by atoms with van der Waals surface area (Å²) < 4.78 is 0. The minimum atomic E-state index is 0.467. The van der Waals surface area contributed by atoms with E-state index in [-0.39, 0.29) is 0 Å². The van der Waals surface area contributed by atoms with Crippen molar-refractivity contribution in [2.24, 2.45) is 28.2 Å². The van der Waals surface area contributed by atoms with Crippen molar-refractivity contribution in [1.82, 2.24) is 0 Å². The van der Waals surface area contributed by atoms with Crippen molar-refractivity contribution in [3.05, 3.63) is 0 Å². The lowest BCUT2D eigenvalue weighted by molar-refractivity contribution is 0.131. The highest BCUT2D eigenvalue weighted by atomic mass is 14.6. The number of aliphatic imine (C=N–C) groups is 1. The van der Waals surface area contributed by atoms with Gasteiger partial charge in [-0.3, -0.25) is 0 Å². The van der Waals surface area contributed by atoms with Gasteiger partial charge in [-0.15, -0.1) is 0 Å². The second-order valence-electron chi connectivity index (χ2n) is 6.04. The summed E-state index contributed by atoms with van der Waals surface area (Å²) in [6.07, 6.45) is 6.24. The molecule has 0 heterocycles. The van der Waals surface area contributed by atoms with Gasteiger partial charge in [-0.1, -0.05) is 27.7 Å². The van der Waals surface area contributed by atoms with Gasteiger partial charge >= 0.3 is 0 Å². The fourth-order valence-corrected chi connectivity index (χ4v) is 2.70. The monoisotopic (exact) mass is 195 g/mol. The van der Waals surface area contributed by atoms with Crippen molar-refractivity contribution in [2.45, 2.75) is 47.0 Å².